The van der Waals surface area contributed by atoms with Crippen molar-refractivity contribution in [3.8, 4) is 22.5 Å². The van der Waals surface area contributed by atoms with Crippen molar-refractivity contribution in [3.63, 3.8) is 0 Å². The van der Waals surface area contributed by atoms with E-state index in [1.165, 1.54) is 0 Å². The second-order valence-corrected chi connectivity index (χ2v) is 10.4. The van der Waals surface area contributed by atoms with E-state index in [0.717, 1.165) is 28.7 Å². The van der Waals surface area contributed by atoms with E-state index >= 15 is 0 Å². The second kappa shape index (κ2) is 12.4. The van der Waals surface area contributed by atoms with Gasteiger partial charge in [-0.05, 0) is 61.2 Å². The van der Waals surface area contributed by atoms with Crippen LogP contribution >= 0.6 is 0 Å². The van der Waals surface area contributed by atoms with Crippen LogP contribution in [0.2, 0.25) is 0 Å². The van der Waals surface area contributed by atoms with Crippen molar-refractivity contribution in [2.24, 2.45) is 9.98 Å². The maximum atomic E-state index is 13.3. The van der Waals surface area contributed by atoms with Gasteiger partial charge in [0, 0.05) is 18.4 Å². The number of ether oxygens (including phenoxy) is 3. The predicted molar refractivity (Wildman–Crippen MR) is 151 cm³/mol. The Hall–Kier alpha value is -4.45. The van der Waals surface area contributed by atoms with Crippen molar-refractivity contribution in [3.05, 3.63) is 54.1 Å². The largest absolute Gasteiger partial charge is 0.511 e. The van der Waals surface area contributed by atoms with Gasteiger partial charge in [0.1, 0.15) is 11.4 Å². The van der Waals surface area contributed by atoms with Crippen LogP contribution in [-0.2, 0) is 25.4 Å². The van der Waals surface area contributed by atoms with Crippen LogP contribution in [0.4, 0.5) is 4.79 Å². The molecule has 2 heterocycles. The monoisotopic (exact) mass is 562 g/mol. The van der Waals surface area contributed by atoms with E-state index in [1.807, 2.05) is 55.5 Å². The zero-order valence-corrected chi connectivity index (χ0v) is 23.7. The van der Waals surface area contributed by atoms with Crippen molar-refractivity contribution in [1.29, 1.82) is 0 Å². The number of amidine groups is 1. The van der Waals surface area contributed by atoms with Gasteiger partial charge in [0.25, 0.3) is 0 Å². The Labute approximate surface area is 237 Å². The lowest BCUT2D eigenvalue weighted by Gasteiger charge is -2.38. The minimum absolute atomic E-state index is 0.0541. The summed E-state index contributed by atoms with van der Waals surface area (Å²) in [6.45, 7) is 7.82. The first-order valence-electron chi connectivity index (χ1n) is 13.4. The SMILES string of the molecule is CCCC1=NC(Cc2ccc(-c3ccccc3-c3nnn[nH]3)cc2)(C(C)(C)O)C(C(=O)OCOC(=O)OC(C)C)=N1. The molecule has 2 N–H and O–H groups in total. The van der Waals surface area contributed by atoms with Gasteiger partial charge in [-0.3, -0.25) is 4.99 Å². The smallest absolute Gasteiger partial charge is 0.431 e. The van der Waals surface area contributed by atoms with Crippen LogP contribution in [0.3, 0.4) is 0 Å². The molecule has 3 aromatic rings. The van der Waals surface area contributed by atoms with Crippen molar-refractivity contribution < 1.29 is 28.9 Å². The van der Waals surface area contributed by atoms with Gasteiger partial charge in [-0.25, -0.2) is 19.7 Å². The number of nitrogens with zero attached hydrogens (tertiary/aromatic N) is 5. The van der Waals surface area contributed by atoms with Crippen LogP contribution in [0.15, 0.2) is 58.5 Å². The number of carbonyl (C=O) groups excluding carboxylic acids is 2. The fraction of sp³-hybridized carbons (Fsp3) is 0.414. The average Bonchev–Trinajstić information content (AvgIpc) is 3.58. The number of aromatic amines is 1. The molecule has 12 nitrogen and oxygen atoms in total. The van der Waals surface area contributed by atoms with E-state index in [2.05, 4.69) is 25.6 Å². The Balaban J connectivity index is 1.61. The van der Waals surface area contributed by atoms with Crippen LogP contribution < -0.4 is 0 Å². The summed E-state index contributed by atoms with van der Waals surface area (Å²) in [7, 11) is 0. The molecule has 0 bridgehead atoms. The molecular formula is C29H34N6O6. The summed E-state index contributed by atoms with van der Waals surface area (Å²) in [6.07, 6.45) is 0.0779. The highest BCUT2D eigenvalue weighted by Crippen LogP contribution is 2.38. The third-order valence-electron chi connectivity index (χ3n) is 6.58. The van der Waals surface area contributed by atoms with E-state index in [1.54, 1.807) is 27.7 Å². The number of hydrogen-bond acceptors (Lipinski definition) is 11. The number of rotatable bonds is 11. The molecule has 1 unspecified atom stereocenters. The van der Waals surface area contributed by atoms with E-state index in [9.17, 15) is 14.7 Å². The molecule has 2 aromatic carbocycles. The molecule has 0 aliphatic carbocycles. The van der Waals surface area contributed by atoms with Gasteiger partial charge in [0.2, 0.25) is 6.79 Å². The van der Waals surface area contributed by atoms with Gasteiger partial charge in [-0.15, -0.1) is 5.10 Å². The van der Waals surface area contributed by atoms with Gasteiger partial charge >= 0.3 is 12.1 Å². The summed E-state index contributed by atoms with van der Waals surface area (Å²) >= 11 is 0. The zero-order chi connectivity index (χ0) is 29.6. The number of aliphatic hydroxyl groups is 1. The molecule has 1 atom stereocenters. The van der Waals surface area contributed by atoms with Gasteiger partial charge in [0.05, 0.1) is 11.7 Å². The first-order valence-corrected chi connectivity index (χ1v) is 13.4. The number of aliphatic imine (C=N–C) groups is 2. The molecule has 0 saturated heterocycles. The Morgan fingerprint density at radius 3 is 2.37 bits per heavy atom. The van der Waals surface area contributed by atoms with Crippen molar-refractivity contribution in [1.82, 2.24) is 20.6 Å². The summed E-state index contributed by atoms with van der Waals surface area (Å²) in [5.74, 6) is 0.147. The summed E-state index contributed by atoms with van der Waals surface area (Å²) < 4.78 is 15.0. The van der Waals surface area contributed by atoms with Gasteiger partial charge in [-0.1, -0.05) is 55.5 Å². The lowest BCUT2D eigenvalue weighted by molar-refractivity contribution is -0.146. The molecule has 0 amide bonds. The number of aromatic nitrogens is 4. The molecule has 4 rings (SSSR count). The third-order valence-corrected chi connectivity index (χ3v) is 6.58. The quantitative estimate of drug-likeness (QED) is 0.256. The zero-order valence-electron chi connectivity index (χ0n) is 23.7. The number of hydrogen-bond donors (Lipinski definition) is 2. The van der Waals surface area contributed by atoms with Crippen LogP contribution in [0.1, 0.15) is 53.0 Å². The topological polar surface area (TPSA) is 161 Å². The number of tetrazole rings is 1. The maximum Gasteiger partial charge on any atom is 0.511 e. The fourth-order valence-electron chi connectivity index (χ4n) is 4.57. The Bertz CT molecular complexity index is 1430. The number of esters is 1. The van der Waals surface area contributed by atoms with Crippen molar-refractivity contribution in [2.45, 2.75) is 71.1 Å². The van der Waals surface area contributed by atoms with E-state index in [0.29, 0.717) is 18.1 Å². The van der Waals surface area contributed by atoms with Gasteiger partial charge < -0.3 is 19.3 Å². The highest BCUT2D eigenvalue weighted by molar-refractivity contribution is 6.43. The number of benzene rings is 2. The molecule has 1 aliphatic rings. The molecule has 41 heavy (non-hydrogen) atoms. The fourth-order valence-corrected chi connectivity index (χ4v) is 4.57. The molecule has 1 aromatic heterocycles. The van der Waals surface area contributed by atoms with Gasteiger partial charge in [0.15, 0.2) is 11.5 Å². The van der Waals surface area contributed by atoms with Crippen LogP contribution in [0, 0.1) is 0 Å². The Morgan fingerprint density at radius 1 is 1.05 bits per heavy atom. The lowest BCUT2D eigenvalue weighted by atomic mass is 9.74. The maximum absolute atomic E-state index is 13.3. The van der Waals surface area contributed by atoms with Crippen LogP contribution in [0.25, 0.3) is 22.5 Å². The molecule has 216 valence electrons. The minimum Gasteiger partial charge on any atom is -0.431 e. The van der Waals surface area contributed by atoms with Gasteiger partial charge in [-0.2, -0.15) is 0 Å². The number of H-pyrrole nitrogens is 1. The van der Waals surface area contributed by atoms with E-state index in [-0.39, 0.29) is 18.2 Å². The molecule has 0 saturated carbocycles. The number of nitrogens with one attached hydrogen (secondary N) is 1. The Kier molecular flexibility index (Phi) is 8.92. The molecule has 12 heteroatoms. The van der Waals surface area contributed by atoms with Crippen LogP contribution in [-0.4, -0.2) is 73.4 Å². The summed E-state index contributed by atoms with van der Waals surface area (Å²) in [5, 5.41) is 25.6. The minimum atomic E-state index is -1.50. The normalized spacial score (nSPS) is 16.8. The second-order valence-electron chi connectivity index (χ2n) is 10.4. The molecular weight excluding hydrogens is 528 g/mol. The summed E-state index contributed by atoms with van der Waals surface area (Å²) in [6, 6.07) is 15.5. The average molecular weight is 563 g/mol. The summed E-state index contributed by atoms with van der Waals surface area (Å²) in [5.41, 5.74) is 0.536. The lowest BCUT2D eigenvalue weighted by Crippen LogP contribution is -2.57. The molecule has 1 aliphatic heterocycles. The van der Waals surface area contributed by atoms with E-state index < -0.39 is 30.1 Å². The first kappa shape index (κ1) is 29.5. The third kappa shape index (κ3) is 6.65. The van der Waals surface area contributed by atoms with Crippen molar-refractivity contribution >= 4 is 23.7 Å². The van der Waals surface area contributed by atoms with Crippen molar-refractivity contribution in [2.75, 3.05) is 6.79 Å². The van der Waals surface area contributed by atoms with Crippen LogP contribution in [0.5, 0.6) is 0 Å². The Morgan fingerprint density at radius 2 is 1.76 bits per heavy atom. The number of carbonyl (C=O) groups is 2. The predicted octanol–water partition coefficient (Wildman–Crippen LogP) is 4.30. The van der Waals surface area contributed by atoms with E-state index in [4.69, 9.17) is 19.2 Å². The molecule has 0 radical (unpaired) electrons. The first-order chi connectivity index (χ1) is 19.5. The highest BCUT2D eigenvalue weighted by Gasteiger charge is 2.54. The highest BCUT2D eigenvalue weighted by atomic mass is 16.8. The molecule has 0 spiro atoms. The molecule has 0 fully saturated rings. The summed E-state index contributed by atoms with van der Waals surface area (Å²) in [4.78, 5) is 34.2. The standard InChI is InChI=1S/C29H34N6O6/c1-6-9-23-30-24(26(36)39-17-40-27(37)41-18(2)3)29(31-23,28(4,5)38)16-19-12-14-20(15-13-19)21-10-7-8-11-22(21)25-32-34-35-33-25/h7-8,10-15,18,38H,6,9,16-17H2,1-5H3,(H,32,33,34,35).